The number of rotatable bonds is 42. The molecule has 0 heterocycles. The summed E-state index contributed by atoms with van der Waals surface area (Å²) in [5.74, 6) is -1.55. The second kappa shape index (κ2) is 46.7. The van der Waals surface area contributed by atoms with Gasteiger partial charge in [-0.2, -0.15) is 13.2 Å². The first-order valence-corrected chi connectivity index (χ1v) is 25.7. The number of hydrogen-bond donors (Lipinski definition) is 11. The van der Waals surface area contributed by atoms with Crippen molar-refractivity contribution in [1.29, 1.82) is 10.8 Å². The van der Waals surface area contributed by atoms with E-state index < -0.39 is 12.1 Å². The van der Waals surface area contributed by atoms with Crippen molar-refractivity contribution in [2.75, 3.05) is 65.4 Å². The lowest BCUT2D eigenvalue weighted by Gasteiger charge is -2.31. The van der Waals surface area contributed by atoms with E-state index in [1.54, 1.807) is 0 Å². The van der Waals surface area contributed by atoms with Gasteiger partial charge >= 0.3 is 18.2 Å². The molecule has 0 saturated carbocycles. The fraction of sp³-hybridized carbons (Fsp3) is 0.872. The van der Waals surface area contributed by atoms with Crippen LogP contribution in [0.3, 0.4) is 0 Å². The average Bonchev–Trinajstić information content (AvgIpc) is 3.27. The highest BCUT2D eigenvalue weighted by Gasteiger charge is 2.38. The van der Waals surface area contributed by atoms with E-state index >= 15 is 0 Å². The molecule has 20 heteroatoms. The number of amides is 2. The van der Waals surface area contributed by atoms with E-state index in [4.69, 9.17) is 43.7 Å². The Morgan fingerprint density at radius 3 is 0.985 bits per heavy atom. The summed E-state index contributed by atoms with van der Waals surface area (Å²) in [6, 6.07) is 0.228. The first-order valence-electron chi connectivity index (χ1n) is 25.7. The van der Waals surface area contributed by atoms with Crippen LogP contribution in [0.1, 0.15) is 194 Å². The monoisotopic (exact) mass is 963 g/mol. The van der Waals surface area contributed by atoms with Gasteiger partial charge in [0.05, 0.1) is 0 Å². The molecule has 0 aliphatic rings. The maximum atomic E-state index is 14.3. The average molecular weight is 963 g/mol. The Labute approximate surface area is 402 Å². The lowest BCUT2D eigenvalue weighted by molar-refractivity contribution is -0.192. The molecule has 15 N–H and O–H groups in total. The fourth-order valence-electron chi connectivity index (χ4n) is 7.06. The highest BCUT2D eigenvalue weighted by molar-refractivity contribution is 5.78. The molecule has 67 heavy (non-hydrogen) atoms. The van der Waals surface area contributed by atoms with Gasteiger partial charge in [-0.25, -0.2) is 9.59 Å². The zero-order chi connectivity index (χ0) is 50.2. The molecule has 0 aromatic carbocycles. The normalized spacial score (nSPS) is 11.7. The number of nitrogens with one attached hydrogen (secondary N) is 6. The van der Waals surface area contributed by atoms with Crippen LogP contribution < -0.4 is 44.2 Å². The number of guanidine groups is 4. The third-order valence-corrected chi connectivity index (χ3v) is 11.0. The number of alkyl halides is 3. The van der Waals surface area contributed by atoms with Gasteiger partial charge < -0.3 is 59.1 Å². The van der Waals surface area contributed by atoms with E-state index in [1.807, 2.05) is 0 Å². The van der Waals surface area contributed by atoms with Gasteiger partial charge in [0.25, 0.3) is 0 Å². The van der Waals surface area contributed by atoms with Crippen LogP contribution in [-0.4, -0.2) is 122 Å². The van der Waals surface area contributed by atoms with Crippen LogP contribution in [0.2, 0.25) is 0 Å². The van der Waals surface area contributed by atoms with Crippen LogP contribution in [-0.2, 0) is 4.79 Å². The molecule has 0 atom stereocenters. The van der Waals surface area contributed by atoms with Crippen molar-refractivity contribution in [2.45, 2.75) is 200 Å². The minimum atomic E-state index is -5.08. The van der Waals surface area contributed by atoms with Crippen molar-refractivity contribution in [3.63, 3.8) is 0 Å². The van der Waals surface area contributed by atoms with Crippen molar-refractivity contribution in [3.8, 4) is 0 Å². The number of nitrogens with two attached hydrogens (primary N) is 4. The molecule has 0 rings (SSSR count). The summed E-state index contributed by atoms with van der Waals surface area (Å²) in [6.45, 7) is 12.5. The van der Waals surface area contributed by atoms with E-state index in [0.717, 1.165) is 220 Å². The zero-order valence-corrected chi connectivity index (χ0v) is 41.9. The van der Waals surface area contributed by atoms with Crippen molar-refractivity contribution in [2.24, 2.45) is 32.9 Å². The van der Waals surface area contributed by atoms with Gasteiger partial charge in [0.2, 0.25) is 0 Å². The number of unbranched alkanes of at least 4 members (excludes halogenated alkanes) is 22. The maximum Gasteiger partial charge on any atom is 0.490 e. The summed E-state index contributed by atoms with van der Waals surface area (Å²) < 4.78 is 31.7. The van der Waals surface area contributed by atoms with E-state index in [1.165, 1.54) is 25.7 Å². The molecule has 0 saturated heterocycles. The van der Waals surface area contributed by atoms with Crippen LogP contribution >= 0.6 is 0 Å². The van der Waals surface area contributed by atoms with Crippen LogP contribution in [0, 0.1) is 10.8 Å². The molecule has 0 spiro atoms. The molecule has 0 aromatic rings. The molecule has 0 aliphatic carbocycles. The quantitative estimate of drug-likeness (QED) is 0.0158. The molecule has 0 aliphatic heterocycles. The smallest absolute Gasteiger partial charge is 0.475 e. The van der Waals surface area contributed by atoms with Gasteiger partial charge in [-0.05, 0) is 64.2 Å². The Hall–Kier alpha value is -4.39. The molecule has 2 amide bonds. The van der Waals surface area contributed by atoms with Gasteiger partial charge in [-0.1, -0.05) is 129 Å². The molecule has 0 unspecified atom stereocenters. The Balaban J connectivity index is 0. The fourth-order valence-corrected chi connectivity index (χ4v) is 7.06. The summed E-state index contributed by atoms with van der Waals surface area (Å²) in [6.07, 6.45) is 26.2. The highest BCUT2D eigenvalue weighted by atomic mass is 19.4. The third-order valence-electron chi connectivity index (χ3n) is 11.0. The topological polar surface area (TPSA) is 285 Å². The number of carbonyl (C=O) groups excluding carboxylic acids is 1. The van der Waals surface area contributed by atoms with Crippen LogP contribution in [0.5, 0.6) is 0 Å². The largest absolute Gasteiger partial charge is 0.490 e. The number of nitrogens with zero attached hydrogens (tertiary/aromatic N) is 4. The van der Waals surface area contributed by atoms with Crippen molar-refractivity contribution >= 4 is 35.8 Å². The Morgan fingerprint density at radius 1 is 0.463 bits per heavy atom. The molecule has 0 aromatic heterocycles. The molecule has 0 bridgehead atoms. The van der Waals surface area contributed by atoms with Crippen molar-refractivity contribution < 1.29 is 27.9 Å². The lowest BCUT2D eigenvalue weighted by Crippen LogP contribution is -2.45. The van der Waals surface area contributed by atoms with Gasteiger partial charge in [-0.3, -0.25) is 20.8 Å². The minimum absolute atomic E-state index is 0.0415. The number of aliphatic imine (C=N–C) groups is 2. The highest BCUT2D eigenvalue weighted by Crippen LogP contribution is 2.15. The first kappa shape index (κ1) is 64.7. The van der Waals surface area contributed by atoms with Crippen LogP contribution in [0.4, 0.5) is 18.0 Å². The predicted molar refractivity (Wildman–Crippen MR) is 272 cm³/mol. The summed E-state index contributed by atoms with van der Waals surface area (Å²) >= 11 is 0. The molecule has 0 fully saturated rings. The third kappa shape index (κ3) is 47.9. The Morgan fingerprint density at radius 2 is 0.716 bits per heavy atom. The zero-order valence-electron chi connectivity index (χ0n) is 41.9. The summed E-state index contributed by atoms with van der Waals surface area (Å²) in [5.41, 5.74) is 22.8. The van der Waals surface area contributed by atoms with Gasteiger partial charge in [0.1, 0.15) is 0 Å². The maximum absolute atomic E-state index is 14.3. The summed E-state index contributed by atoms with van der Waals surface area (Å²) in [4.78, 5) is 36.5. The van der Waals surface area contributed by atoms with Crippen LogP contribution in [0.15, 0.2) is 9.98 Å². The van der Waals surface area contributed by atoms with Crippen molar-refractivity contribution in [3.05, 3.63) is 0 Å². The van der Waals surface area contributed by atoms with Gasteiger partial charge in [0, 0.05) is 65.4 Å². The molecule has 394 valence electrons. The van der Waals surface area contributed by atoms with E-state index in [-0.39, 0.29) is 18.0 Å². The molecular formula is C47H97F3N14O3. The van der Waals surface area contributed by atoms with E-state index in [9.17, 15) is 18.0 Å². The molecular weight excluding hydrogens is 866 g/mol. The number of aliphatic carboxylic acids is 1. The van der Waals surface area contributed by atoms with E-state index in [2.05, 4.69) is 54.9 Å². The van der Waals surface area contributed by atoms with Crippen molar-refractivity contribution in [1.82, 2.24) is 31.1 Å². The number of carboxylic acids is 1. The number of urea groups is 1. The number of carboxylic acid groups (broad SMARTS) is 1. The second-order valence-corrected chi connectivity index (χ2v) is 17.3. The Kier molecular flexibility index (Phi) is 45.1. The first-order chi connectivity index (χ1) is 32.1. The molecule has 17 nitrogen and oxygen atoms in total. The van der Waals surface area contributed by atoms with E-state index in [0.29, 0.717) is 11.9 Å². The number of carbonyl (C=O) groups is 2. The minimum Gasteiger partial charge on any atom is -0.475 e. The number of halogens is 3. The number of hydrogen-bond acceptors (Lipinski definition) is 6. The summed E-state index contributed by atoms with van der Waals surface area (Å²) in [7, 11) is 0. The second-order valence-electron chi connectivity index (χ2n) is 17.3. The SMILES string of the molecule is CCCCNC(N)=NCCCCCCCCN(CCCCCCCCNC(=N)N)C(=O)N(CCCCCCCCN=C(N)NCCCC)CCCCCCCCNC(=N)N.O=C(O)C(F)(F)F. The molecule has 0 radical (unpaired) electrons. The standard InChI is InChI=1S/C45H96N14O.C2HF3O2/c1-3-5-31-54-43(50)56-35-25-17-9-13-21-29-39-58(37-27-19-11-7-15-23-33-52-41(46)47)45(60)59(38-28-20-12-8-16-24-34-53-42(48)49)40-30-22-14-10-18-26-36-57-44(51)55-32-6-4-2;3-2(4,5)1(6)7/h3-40H2,1-2H3,(H4,46,47,52)(H4,48,49,53)(H3,50,54,56)(H3,51,55,57);(H,6,7). The summed E-state index contributed by atoms with van der Waals surface area (Å²) in [5, 5.41) is 33.9. The van der Waals surface area contributed by atoms with Gasteiger partial charge in [0.15, 0.2) is 23.8 Å². The van der Waals surface area contributed by atoms with Gasteiger partial charge in [-0.15, -0.1) is 0 Å². The Bertz CT molecular complexity index is 1200. The predicted octanol–water partition coefficient (Wildman–Crippen LogP) is 8.08. The van der Waals surface area contributed by atoms with Crippen LogP contribution in [0.25, 0.3) is 0 Å². The lowest BCUT2D eigenvalue weighted by atomic mass is 10.1.